The molecule has 1 aromatic carbocycles. The smallest absolute Gasteiger partial charge is 0.306 e. The minimum absolute atomic E-state index is 0.0561. The van der Waals surface area contributed by atoms with Gasteiger partial charge >= 0.3 is 5.97 Å². The molecule has 0 fully saturated rings. The van der Waals surface area contributed by atoms with Gasteiger partial charge in [0.05, 0.1) is 26.7 Å². The highest BCUT2D eigenvalue weighted by molar-refractivity contribution is 5.81. The van der Waals surface area contributed by atoms with Gasteiger partial charge < -0.3 is 19.5 Å². The van der Waals surface area contributed by atoms with Crippen LogP contribution in [0.2, 0.25) is 0 Å². The first-order chi connectivity index (χ1) is 14.6. The number of fused-ring (bicyclic) bond motifs is 1. The second-order valence-electron chi connectivity index (χ2n) is 6.20. The standard InChI is InChI=1S/C20H23N5O5/c1-3-29-19(27)11-9-17(26)21-12-13-30-18-10-8-16-22-23-20(25(16)24-18)14-4-6-15(28-2)7-5-14/h4-8,10H,3,9,11-13H2,1-2H3,(H,21,26). The van der Waals surface area contributed by atoms with Crippen molar-refractivity contribution in [2.24, 2.45) is 0 Å². The lowest BCUT2D eigenvalue weighted by Gasteiger charge is -2.08. The van der Waals surface area contributed by atoms with Crippen molar-refractivity contribution in [3.05, 3.63) is 36.4 Å². The Labute approximate surface area is 173 Å². The third-order valence-corrected chi connectivity index (χ3v) is 4.12. The SMILES string of the molecule is CCOC(=O)CCC(=O)NCCOc1ccc2nnc(-c3ccc(OC)cc3)n2n1. The Hall–Kier alpha value is -3.69. The van der Waals surface area contributed by atoms with E-state index in [9.17, 15) is 9.59 Å². The fraction of sp³-hybridized carbons (Fsp3) is 0.350. The topological polar surface area (TPSA) is 117 Å². The molecule has 30 heavy (non-hydrogen) atoms. The van der Waals surface area contributed by atoms with E-state index >= 15 is 0 Å². The average molecular weight is 413 g/mol. The van der Waals surface area contributed by atoms with Crippen molar-refractivity contribution in [2.45, 2.75) is 19.8 Å². The molecule has 0 radical (unpaired) electrons. The number of esters is 1. The number of amides is 1. The summed E-state index contributed by atoms with van der Waals surface area (Å²) in [7, 11) is 1.61. The van der Waals surface area contributed by atoms with Crippen LogP contribution in [0.1, 0.15) is 19.8 Å². The Bertz CT molecular complexity index is 1000. The van der Waals surface area contributed by atoms with E-state index in [4.69, 9.17) is 14.2 Å². The first kappa shape index (κ1) is 21.0. The van der Waals surface area contributed by atoms with Crippen molar-refractivity contribution in [2.75, 3.05) is 26.9 Å². The predicted octanol–water partition coefficient (Wildman–Crippen LogP) is 1.64. The van der Waals surface area contributed by atoms with Gasteiger partial charge in [0.1, 0.15) is 12.4 Å². The van der Waals surface area contributed by atoms with Gasteiger partial charge in [-0.1, -0.05) is 0 Å². The van der Waals surface area contributed by atoms with Crippen molar-refractivity contribution >= 4 is 17.5 Å². The van der Waals surface area contributed by atoms with E-state index in [-0.39, 0.29) is 37.9 Å². The summed E-state index contributed by atoms with van der Waals surface area (Å²) in [4.78, 5) is 23.0. The van der Waals surface area contributed by atoms with Crippen molar-refractivity contribution in [3.8, 4) is 23.0 Å². The molecule has 3 aromatic rings. The molecule has 0 spiro atoms. The molecular weight excluding hydrogens is 390 g/mol. The molecule has 0 aliphatic heterocycles. The summed E-state index contributed by atoms with van der Waals surface area (Å²) in [5.41, 5.74) is 1.42. The van der Waals surface area contributed by atoms with Crippen molar-refractivity contribution in [1.29, 1.82) is 0 Å². The fourth-order valence-electron chi connectivity index (χ4n) is 2.65. The van der Waals surface area contributed by atoms with E-state index in [1.165, 1.54) is 0 Å². The highest BCUT2D eigenvalue weighted by atomic mass is 16.5. The number of hydrogen-bond acceptors (Lipinski definition) is 8. The van der Waals surface area contributed by atoms with E-state index < -0.39 is 0 Å². The lowest BCUT2D eigenvalue weighted by atomic mass is 10.2. The number of ether oxygens (including phenoxy) is 3. The Morgan fingerprint density at radius 2 is 1.87 bits per heavy atom. The maximum atomic E-state index is 11.7. The molecule has 0 aliphatic rings. The zero-order chi connectivity index (χ0) is 21.3. The van der Waals surface area contributed by atoms with Crippen molar-refractivity contribution in [1.82, 2.24) is 25.1 Å². The van der Waals surface area contributed by atoms with E-state index in [2.05, 4.69) is 20.6 Å². The fourth-order valence-corrected chi connectivity index (χ4v) is 2.65. The van der Waals surface area contributed by atoms with Gasteiger partial charge in [-0.15, -0.1) is 15.3 Å². The Kier molecular flexibility index (Phi) is 7.14. The highest BCUT2D eigenvalue weighted by Gasteiger charge is 2.11. The van der Waals surface area contributed by atoms with Crippen LogP contribution < -0.4 is 14.8 Å². The summed E-state index contributed by atoms with van der Waals surface area (Å²) < 4.78 is 17.2. The van der Waals surface area contributed by atoms with Gasteiger partial charge in [-0.25, -0.2) is 0 Å². The quantitative estimate of drug-likeness (QED) is 0.394. The molecule has 0 saturated carbocycles. The molecule has 0 atom stereocenters. The number of methoxy groups -OCH3 is 1. The lowest BCUT2D eigenvalue weighted by molar-refractivity contribution is -0.144. The van der Waals surface area contributed by atoms with E-state index in [1.54, 1.807) is 30.7 Å². The number of aromatic nitrogens is 4. The molecule has 10 nitrogen and oxygen atoms in total. The number of rotatable bonds is 10. The monoisotopic (exact) mass is 413 g/mol. The minimum atomic E-state index is -0.386. The molecule has 1 N–H and O–H groups in total. The van der Waals surface area contributed by atoms with Crippen LogP contribution in [0.5, 0.6) is 11.6 Å². The zero-order valence-electron chi connectivity index (χ0n) is 16.8. The van der Waals surface area contributed by atoms with E-state index in [0.717, 1.165) is 11.3 Å². The summed E-state index contributed by atoms with van der Waals surface area (Å²) in [6.45, 7) is 2.54. The van der Waals surface area contributed by atoms with Gasteiger partial charge in [-0.05, 0) is 37.3 Å². The molecule has 1 amide bonds. The van der Waals surface area contributed by atoms with Crippen LogP contribution in [-0.2, 0) is 14.3 Å². The van der Waals surface area contributed by atoms with Gasteiger partial charge in [-0.2, -0.15) is 4.52 Å². The summed E-state index contributed by atoms with van der Waals surface area (Å²) in [5.74, 6) is 1.07. The zero-order valence-corrected chi connectivity index (χ0v) is 16.8. The summed E-state index contributed by atoms with van der Waals surface area (Å²) >= 11 is 0. The van der Waals surface area contributed by atoms with Crippen LogP contribution in [0.15, 0.2) is 36.4 Å². The number of benzene rings is 1. The second-order valence-corrected chi connectivity index (χ2v) is 6.20. The van der Waals surface area contributed by atoms with Crippen LogP contribution in [0.25, 0.3) is 17.0 Å². The third-order valence-electron chi connectivity index (χ3n) is 4.12. The van der Waals surface area contributed by atoms with Gasteiger partial charge in [0.2, 0.25) is 11.8 Å². The maximum Gasteiger partial charge on any atom is 0.306 e. The number of hydrogen-bond donors (Lipinski definition) is 1. The first-order valence-electron chi connectivity index (χ1n) is 9.52. The van der Waals surface area contributed by atoms with Crippen molar-refractivity contribution < 1.29 is 23.8 Å². The van der Waals surface area contributed by atoms with E-state index in [1.807, 2.05) is 24.3 Å². The maximum absolute atomic E-state index is 11.7. The molecule has 0 unspecified atom stereocenters. The van der Waals surface area contributed by atoms with E-state index in [0.29, 0.717) is 24.0 Å². The average Bonchev–Trinajstić information content (AvgIpc) is 3.19. The van der Waals surface area contributed by atoms with Crippen LogP contribution in [-0.4, -0.2) is 58.6 Å². The molecular formula is C20H23N5O5. The first-order valence-corrected chi connectivity index (χ1v) is 9.52. The summed E-state index contributed by atoms with van der Waals surface area (Å²) in [6.07, 6.45) is 0.134. The summed E-state index contributed by atoms with van der Waals surface area (Å²) in [6, 6.07) is 10.8. The number of carbonyl (C=O) groups is 2. The number of nitrogens with zero attached hydrogens (tertiary/aromatic N) is 4. The molecule has 2 heterocycles. The molecule has 2 aromatic heterocycles. The van der Waals surface area contributed by atoms with Crippen LogP contribution >= 0.6 is 0 Å². The number of nitrogens with one attached hydrogen (secondary N) is 1. The largest absolute Gasteiger partial charge is 0.497 e. The predicted molar refractivity (Wildman–Crippen MR) is 107 cm³/mol. The number of carbonyl (C=O) groups excluding carboxylic acids is 2. The molecule has 10 heteroatoms. The van der Waals surface area contributed by atoms with Gasteiger partial charge in [0.15, 0.2) is 11.5 Å². The Morgan fingerprint density at radius 1 is 1.07 bits per heavy atom. The highest BCUT2D eigenvalue weighted by Crippen LogP contribution is 2.21. The van der Waals surface area contributed by atoms with Gasteiger partial charge in [0.25, 0.3) is 0 Å². The lowest BCUT2D eigenvalue weighted by Crippen LogP contribution is -2.28. The Morgan fingerprint density at radius 3 is 2.60 bits per heavy atom. The van der Waals surface area contributed by atoms with Gasteiger partial charge in [0, 0.05) is 18.1 Å². The third kappa shape index (κ3) is 5.43. The van der Waals surface area contributed by atoms with Crippen molar-refractivity contribution in [3.63, 3.8) is 0 Å². The normalized spacial score (nSPS) is 10.6. The molecule has 3 rings (SSSR count). The van der Waals surface area contributed by atoms with Crippen LogP contribution in [0, 0.1) is 0 Å². The second kappa shape index (κ2) is 10.2. The summed E-state index contributed by atoms with van der Waals surface area (Å²) in [5, 5.41) is 15.4. The van der Waals surface area contributed by atoms with Crippen LogP contribution in [0.4, 0.5) is 0 Å². The molecule has 0 bridgehead atoms. The molecule has 0 aliphatic carbocycles. The molecule has 0 saturated heterocycles. The van der Waals surface area contributed by atoms with Gasteiger partial charge in [-0.3, -0.25) is 9.59 Å². The Balaban J connectivity index is 1.54. The minimum Gasteiger partial charge on any atom is -0.497 e. The molecule has 158 valence electrons. The van der Waals surface area contributed by atoms with Crippen LogP contribution in [0.3, 0.4) is 0 Å².